The molecule has 0 bridgehead atoms. The highest BCUT2D eigenvalue weighted by Gasteiger charge is 2.16. The van der Waals surface area contributed by atoms with E-state index >= 15 is 0 Å². The number of imidazole rings is 1. The van der Waals surface area contributed by atoms with Crippen LogP contribution in [-0.2, 0) is 4.79 Å². The summed E-state index contributed by atoms with van der Waals surface area (Å²) in [4.78, 5) is 22.3. The summed E-state index contributed by atoms with van der Waals surface area (Å²) in [5.41, 5.74) is 4.25. The molecule has 32 heavy (non-hydrogen) atoms. The van der Waals surface area contributed by atoms with E-state index in [9.17, 15) is 4.79 Å². The van der Waals surface area contributed by atoms with E-state index in [1.54, 1.807) is 0 Å². The van der Waals surface area contributed by atoms with E-state index in [-0.39, 0.29) is 11.7 Å². The van der Waals surface area contributed by atoms with E-state index in [1.165, 1.54) is 11.8 Å². The molecular formula is C24H19BrN4O2S. The minimum Gasteiger partial charge on any atom is -0.494 e. The van der Waals surface area contributed by atoms with E-state index in [0.717, 1.165) is 48.6 Å². The molecule has 2 aromatic heterocycles. The average molecular weight is 507 g/mol. The minimum atomic E-state index is -0.102. The highest BCUT2D eigenvalue weighted by atomic mass is 79.9. The maximum Gasteiger partial charge on any atom is 0.234 e. The van der Waals surface area contributed by atoms with Crippen LogP contribution in [0.15, 0.2) is 76.4 Å². The van der Waals surface area contributed by atoms with Crippen molar-refractivity contribution in [3.8, 4) is 5.75 Å². The molecule has 0 spiro atoms. The summed E-state index contributed by atoms with van der Waals surface area (Å²) in [6, 6.07) is 21.3. The molecule has 5 aromatic rings. The van der Waals surface area contributed by atoms with Crippen molar-refractivity contribution in [3.05, 3.63) is 71.2 Å². The van der Waals surface area contributed by atoms with Gasteiger partial charge in [-0.05, 0) is 61.5 Å². The molecule has 0 fully saturated rings. The summed E-state index contributed by atoms with van der Waals surface area (Å²) in [7, 11) is 0. The third-order valence-electron chi connectivity index (χ3n) is 4.95. The summed E-state index contributed by atoms with van der Waals surface area (Å²) in [6.07, 6.45) is 0. The van der Waals surface area contributed by atoms with Gasteiger partial charge in [0.05, 0.1) is 28.9 Å². The standard InChI is InChI=1S/C24H19BrN4O2S/c1-2-31-17-10-8-16(9-11-17)26-22(30)14-32-24-28-19-12-7-15(25)13-18(19)23-27-20-5-3-4-6-21(20)29(23)24/h3-13H,2,14H2,1H3,(H,26,30). The second kappa shape index (κ2) is 8.80. The second-order valence-corrected chi connectivity index (χ2v) is 8.97. The van der Waals surface area contributed by atoms with E-state index in [0.29, 0.717) is 6.61 Å². The lowest BCUT2D eigenvalue weighted by molar-refractivity contribution is -0.113. The normalized spacial score (nSPS) is 11.3. The first kappa shape index (κ1) is 20.8. The number of rotatable bonds is 6. The van der Waals surface area contributed by atoms with Gasteiger partial charge in [-0.1, -0.05) is 39.8 Å². The number of hydrogen-bond acceptors (Lipinski definition) is 5. The SMILES string of the molecule is CCOc1ccc(NC(=O)CSc2nc3ccc(Br)cc3c3nc4ccccc4n23)cc1. The summed E-state index contributed by atoms with van der Waals surface area (Å²) >= 11 is 4.93. The molecule has 1 amide bonds. The molecule has 0 aliphatic carbocycles. The number of anilines is 1. The zero-order valence-corrected chi connectivity index (χ0v) is 19.6. The average Bonchev–Trinajstić information content (AvgIpc) is 3.19. The van der Waals surface area contributed by atoms with Gasteiger partial charge in [0.15, 0.2) is 5.16 Å². The molecule has 160 valence electrons. The lowest BCUT2D eigenvalue weighted by Gasteiger charge is -2.10. The fourth-order valence-corrected chi connectivity index (χ4v) is 4.73. The van der Waals surface area contributed by atoms with Gasteiger partial charge in [0.2, 0.25) is 5.91 Å². The van der Waals surface area contributed by atoms with Crippen molar-refractivity contribution in [1.29, 1.82) is 0 Å². The van der Waals surface area contributed by atoms with Gasteiger partial charge in [0.25, 0.3) is 0 Å². The number of nitrogens with zero attached hydrogens (tertiary/aromatic N) is 3. The second-order valence-electron chi connectivity index (χ2n) is 7.11. The fraction of sp³-hybridized carbons (Fsp3) is 0.125. The number of para-hydroxylation sites is 2. The van der Waals surface area contributed by atoms with Gasteiger partial charge in [0.1, 0.15) is 11.4 Å². The Morgan fingerprint density at radius 2 is 1.88 bits per heavy atom. The molecule has 1 N–H and O–H groups in total. The Kier molecular flexibility index (Phi) is 5.71. The molecule has 0 atom stereocenters. The molecule has 0 aliphatic heterocycles. The Morgan fingerprint density at radius 1 is 1.06 bits per heavy atom. The van der Waals surface area contributed by atoms with Crippen LogP contribution in [0.25, 0.3) is 27.6 Å². The molecule has 2 heterocycles. The van der Waals surface area contributed by atoms with Crippen LogP contribution >= 0.6 is 27.7 Å². The smallest absolute Gasteiger partial charge is 0.234 e. The number of benzene rings is 3. The van der Waals surface area contributed by atoms with Crippen LogP contribution < -0.4 is 10.1 Å². The number of thioether (sulfide) groups is 1. The van der Waals surface area contributed by atoms with Gasteiger partial charge in [-0.3, -0.25) is 9.20 Å². The first-order valence-corrected chi connectivity index (χ1v) is 11.9. The van der Waals surface area contributed by atoms with E-state index < -0.39 is 0 Å². The molecule has 6 nitrogen and oxygen atoms in total. The van der Waals surface area contributed by atoms with Crippen molar-refractivity contribution in [2.24, 2.45) is 0 Å². The number of carbonyl (C=O) groups is 1. The predicted octanol–water partition coefficient (Wildman–Crippen LogP) is 5.93. The van der Waals surface area contributed by atoms with Gasteiger partial charge >= 0.3 is 0 Å². The number of halogens is 1. The molecule has 0 aliphatic rings. The van der Waals surface area contributed by atoms with Gasteiger partial charge in [-0.25, -0.2) is 9.97 Å². The first-order valence-electron chi connectivity index (χ1n) is 10.1. The first-order chi connectivity index (χ1) is 15.6. The topological polar surface area (TPSA) is 68.5 Å². The molecule has 0 unspecified atom stereocenters. The van der Waals surface area contributed by atoms with Crippen molar-refractivity contribution in [3.63, 3.8) is 0 Å². The highest BCUT2D eigenvalue weighted by Crippen LogP contribution is 2.30. The van der Waals surface area contributed by atoms with Gasteiger partial charge < -0.3 is 10.1 Å². The van der Waals surface area contributed by atoms with E-state index in [1.807, 2.05) is 78.1 Å². The fourth-order valence-electron chi connectivity index (χ4n) is 3.56. The lowest BCUT2D eigenvalue weighted by Crippen LogP contribution is -2.14. The molecule has 5 rings (SSSR count). The summed E-state index contributed by atoms with van der Waals surface area (Å²) in [6.45, 7) is 2.54. The Hall–Kier alpha value is -3.10. The minimum absolute atomic E-state index is 0.102. The van der Waals surface area contributed by atoms with Gasteiger partial charge in [0, 0.05) is 15.5 Å². The zero-order valence-electron chi connectivity index (χ0n) is 17.2. The van der Waals surface area contributed by atoms with Crippen LogP contribution in [0.1, 0.15) is 6.92 Å². The maximum absolute atomic E-state index is 12.6. The maximum atomic E-state index is 12.6. The monoisotopic (exact) mass is 506 g/mol. The Morgan fingerprint density at radius 3 is 2.69 bits per heavy atom. The molecule has 0 radical (unpaired) electrons. The number of fused-ring (bicyclic) bond motifs is 5. The Balaban J connectivity index is 1.45. The molecular weight excluding hydrogens is 488 g/mol. The van der Waals surface area contributed by atoms with Crippen LogP contribution in [0.3, 0.4) is 0 Å². The van der Waals surface area contributed by atoms with E-state index in [2.05, 4.69) is 21.2 Å². The van der Waals surface area contributed by atoms with Crippen molar-refractivity contribution >= 4 is 66.9 Å². The summed E-state index contributed by atoms with van der Waals surface area (Å²) < 4.78 is 8.44. The van der Waals surface area contributed by atoms with Crippen LogP contribution in [0.4, 0.5) is 5.69 Å². The van der Waals surface area contributed by atoms with Crippen LogP contribution in [0.2, 0.25) is 0 Å². The van der Waals surface area contributed by atoms with Gasteiger partial charge in [-0.2, -0.15) is 0 Å². The molecule has 8 heteroatoms. The van der Waals surface area contributed by atoms with Crippen LogP contribution in [-0.4, -0.2) is 32.6 Å². The van der Waals surface area contributed by atoms with Crippen molar-refractivity contribution in [1.82, 2.24) is 14.4 Å². The molecule has 0 saturated heterocycles. The number of hydrogen-bond donors (Lipinski definition) is 1. The number of nitrogens with one attached hydrogen (secondary N) is 1. The summed E-state index contributed by atoms with van der Waals surface area (Å²) in [5.74, 6) is 0.903. The van der Waals surface area contributed by atoms with Crippen LogP contribution in [0.5, 0.6) is 5.75 Å². The van der Waals surface area contributed by atoms with Gasteiger partial charge in [-0.15, -0.1) is 0 Å². The largest absolute Gasteiger partial charge is 0.494 e. The quantitative estimate of drug-likeness (QED) is 0.228. The van der Waals surface area contributed by atoms with Crippen molar-refractivity contribution in [2.75, 3.05) is 17.7 Å². The highest BCUT2D eigenvalue weighted by molar-refractivity contribution is 9.10. The van der Waals surface area contributed by atoms with Crippen LogP contribution in [0, 0.1) is 0 Å². The van der Waals surface area contributed by atoms with Crippen molar-refractivity contribution in [2.45, 2.75) is 12.1 Å². The number of amides is 1. The van der Waals surface area contributed by atoms with E-state index in [4.69, 9.17) is 14.7 Å². The number of carbonyl (C=O) groups excluding carboxylic acids is 1. The lowest BCUT2D eigenvalue weighted by atomic mass is 10.2. The van der Waals surface area contributed by atoms with Crippen molar-refractivity contribution < 1.29 is 9.53 Å². The number of ether oxygens (including phenoxy) is 1. The molecule has 3 aromatic carbocycles. The Labute approximate surface area is 197 Å². The Bertz CT molecular complexity index is 1450. The third-order valence-corrected chi connectivity index (χ3v) is 6.38. The third kappa shape index (κ3) is 4.03. The summed E-state index contributed by atoms with van der Waals surface area (Å²) in [5, 5.41) is 4.62. The molecule has 0 saturated carbocycles. The number of aromatic nitrogens is 3. The zero-order chi connectivity index (χ0) is 22.1. The predicted molar refractivity (Wildman–Crippen MR) is 133 cm³/mol.